The summed E-state index contributed by atoms with van der Waals surface area (Å²) in [6.07, 6.45) is 0.0640. The van der Waals surface area contributed by atoms with Crippen LogP contribution in [0.15, 0.2) is 33.6 Å². The summed E-state index contributed by atoms with van der Waals surface area (Å²) < 4.78 is 1.00. The van der Waals surface area contributed by atoms with Crippen molar-refractivity contribution in [2.24, 2.45) is 5.92 Å². The Labute approximate surface area is 131 Å². The van der Waals surface area contributed by atoms with Crippen molar-refractivity contribution in [1.82, 2.24) is 5.32 Å². The molecule has 4 nitrogen and oxygen atoms in total. The topological polar surface area (TPSA) is 66.4 Å². The van der Waals surface area contributed by atoms with Crippen molar-refractivity contribution in [2.45, 2.75) is 30.4 Å². The van der Waals surface area contributed by atoms with Gasteiger partial charge in [-0.1, -0.05) is 22.9 Å². The van der Waals surface area contributed by atoms with Crippen LogP contribution >= 0.6 is 27.7 Å². The highest BCUT2D eigenvalue weighted by atomic mass is 79.9. The molecule has 1 aromatic carbocycles. The van der Waals surface area contributed by atoms with E-state index in [0.29, 0.717) is 6.54 Å². The van der Waals surface area contributed by atoms with Gasteiger partial charge in [0, 0.05) is 22.3 Å². The van der Waals surface area contributed by atoms with Gasteiger partial charge in [0.05, 0.1) is 5.25 Å². The number of carbonyl (C=O) groups excluding carboxylic acids is 1. The molecule has 0 aliphatic rings. The van der Waals surface area contributed by atoms with Gasteiger partial charge >= 0.3 is 5.97 Å². The first-order valence-corrected chi connectivity index (χ1v) is 7.97. The van der Waals surface area contributed by atoms with Gasteiger partial charge < -0.3 is 10.4 Å². The first-order valence-electron chi connectivity index (χ1n) is 6.30. The quantitative estimate of drug-likeness (QED) is 0.733. The molecular weight excluding hydrogens is 342 g/mol. The minimum atomic E-state index is -0.843. The molecule has 0 saturated heterocycles. The fraction of sp³-hybridized carbons (Fsp3) is 0.429. The largest absolute Gasteiger partial charge is 0.481 e. The molecule has 1 rings (SSSR count). The third-order valence-electron chi connectivity index (χ3n) is 2.64. The average molecular weight is 360 g/mol. The number of hydrogen-bond donors (Lipinski definition) is 2. The molecule has 20 heavy (non-hydrogen) atoms. The Kier molecular flexibility index (Phi) is 7.09. The highest BCUT2D eigenvalue weighted by Gasteiger charge is 2.15. The van der Waals surface area contributed by atoms with E-state index >= 15 is 0 Å². The summed E-state index contributed by atoms with van der Waals surface area (Å²) in [4.78, 5) is 23.5. The molecule has 1 aromatic rings. The van der Waals surface area contributed by atoms with Gasteiger partial charge in [-0.3, -0.25) is 9.59 Å². The van der Waals surface area contributed by atoms with Crippen LogP contribution < -0.4 is 5.32 Å². The fourth-order valence-corrected chi connectivity index (χ4v) is 2.72. The molecule has 2 N–H and O–H groups in total. The smallest absolute Gasteiger partial charge is 0.303 e. The lowest BCUT2D eigenvalue weighted by Crippen LogP contribution is -2.34. The van der Waals surface area contributed by atoms with Gasteiger partial charge in [0.25, 0.3) is 0 Å². The van der Waals surface area contributed by atoms with Crippen molar-refractivity contribution in [2.75, 3.05) is 6.54 Å². The second-order valence-electron chi connectivity index (χ2n) is 4.66. The van der Waals surface area contributed by atoms with Gasteiger partial charge in [0.15, 0.2) is 0 Å². The molecule has 1 amide bonds. The summed E-state index contributed by atoms with van der Waals surface area (Å²) in [5.41, 5.74) is 0. The summed E-state index contributed by atoms with van der Waals surface area (Å²) in [5.74, 6) is -0.986. The van der Waals surface area contributed by atoms with Crippen molar-refractivity contribution in [3.8, 4) is 0 Å². The number of nitrogens with one attached hydrogen (secondary N) is 1. The molecule has 0 aliphatic carbocycles. The zero-order chi connectivity index (χ0) is 15.1. The lowest BCUT2D eigenvalue weighted by atomic mass is 10.1. The molecule has 0 heterocycles. The normalized spacial score (nSPS) is 13.6. The van der Waals surface area contributed by atoms with Crippen LogP contribution in [0.1, 0.15) is 20.3 Å². The van der Waals surface area contributed by atoms with E-state index in [0.717, 1.165) is 9.37 Å². The van der Waals surface area contributed by atoms with Crippen LogP contribution in [0.3, 0.4) is 0 Å². The summed E-state index contributed by atoms with van der Waals surface area (Å²) in [6.45, 7) is 4.03. The monoisotopic (exact) mass is 359 g/mol. The Morgan fingerprint density at radius 2 is 1.90 bits per heavy atom. The zero-order valence-electron chi connectivity index (χ0n) is 11.4. The van der Waals surface area contributed by atoms with Crippen LogP contribution in [0, 0.1) is 5.92 Å². The van der Waals surface area contributed by atoms with Crippen LogP contribution in [0.4, 0.5) is 0 Å². The number of amides is 1. The van der Waals surface area contributed by atoms with Gasteiger partial charge in [0.2, 0.25) is 5.91 Å². The number of benzene rings is 1. The third kappa shape index (κ3) is 6.43. The van der Waals surface area contributed by atoms with Crippen molar-refractivity contribution < 1.29 is 14.7 Å². The molecule has 2 atom stereocenters. The van der Waals surface area contributed by atoms with Crippen LogP contribution in [-0.4, -0.2) is 28.8 Å². The van der Waals surface area contributed by atoms with Crippen LogP contribution in [-0.2, 0) is 9.59 Å². The predicted octanol–water partition coefficient (Wildman–Crippen LogP) is 3.16. The predicted molar refractivity (Wildman–Crippen MR) is 83.9 cm³/mol. The van der Waals surface area contributed by atoms with E-state index in [1.807, 2.05) is 31.2 Å². The molecule has 0 fully saturated rings. The van der Waals surface area contributed by atoms with Crippen molar-refractivity contribution in [3.63, 3.8) is 0 Å². The molecule has 0 radical (unpaired) electrons. The minimum Gasteiger partial charge on any atom is -0.481 e. The molecule has 0 aromatic heterocycles. The number of rotatable bonds is 7. The van der Waals surface area contributed by atoms with Gasteiger partial charge in [-0.25, -0.2) is 0 Å². The Morgan fingerprint density at radius 1 is 1.30 bits per heavy atom. The lowest BCUT2D eigenvalue weighted by Gasteiger charge is -2.14. The second-order valence-corrected chi connectivity index (χ2v) is 6.99. The number of thioether (sulfide) groups is 1. The van der Waals surface area contributed by atoms with Crippen LogP contribution in [0.25, 0.3) is 0 Å². The van der Waals surface area contributed by atoms with Crippen molar-refractivity contribution >= 4 is 39.6 Å². The maximum absolute atomic E-state index is 11.9. The lowest BCUT2D eigenvalue weighted by molar-refractivity contribution is -0.138. The minimum absolute atomic E-state index is 0.0640. The number of aliphatic carboxylic acids is 1. The summed E-state index contributed by atoms with van der Waals surface area (Å²) >= 11 is 4.84. The maximum Gasteiger partial charge on any atom is 0.303 e. The average Bonchev–Trinajstić information content (AvgIpc) is 2.37. The van der Waals surface area contributed by atoms with E-state index in [2.05, 4.69) is 21.2 Å². The Morgan fingerprint density at radius 3 is 2.45 bits per heavy atom. The van der Waals surface area contributed by atoms with E-state index in [9.17, 15) is 9.59 Å². The Hall–Kier alpha value is -1.01. The molecular formula is C14H18BrNO3S. The standard InChI is InChI=1S/C14H18BrNO3S/c1-9(7-13(17)18)8-16-14(19)10(2)20-12-5-3-11(15)4-6-12/h3-6,9-10H,7-8H2,1-2H3,(H,16,19)(H,17,18). The highest BCUT2D eigenvalue weighted by molar-refractivity contribution is 9.10. The third-order valence-corrected chi connectivity index (χ3v) is 4.28. The van der Waals surface area contributed by atoms with E-state index < -0.39 is 5.97 Å². The first kappa shape index (κ1) is 17.0. The van der Waals surface area contributed by atoms with Crippen molar-refractivity contribution in [3.05, 3.63) is 28.7 Å². The van der Waals surface area contributed by atoms with E-state index in [1.54, 1.807) is 6.92 Å². The zero-order valence-corrected chi connectivity index (χ0v) is 13.8. The molecule has 0 bridgehead atoms. The summed E-state index contributed by atoms with van der Waals surface area (Å²) in [5, 5.41) is 11.2. The molecule has 0 aliphatic heterocycles. The number of hydrogen-bond acceptors (Lipinski definition) is 3. The first-order chi connectivity index (χ1) is 9.38. The molecule has 6 heteroatoms. The second kappa shape index (κ2) is 8.32. The fourth-order valence-electron chi connectivity index (χ4n) is 1.56. The summed E-state index contributed by atoms with van der Waals surface area (Å²) in [7, 11) is 0. The highest BCUT2D eigenvalue weighted by Crippen LogP contribution is 2.24. The SMILES string of the molecule is CC(CNC(=O)C(C)Sc1ccc(Br)cc1)CC(=O)O. The number of halogens is 1. The van der Waals surface area contributed by atoms with Crippen LogP contribution in [0.5, 0.6) is 0 Å². The van der Waals surface area contributed by atoms with E-state index in [-0.39, 0.29) is 23.5 Å². The Bertz CT molecular complexity index is 464. The number of carbonyl (C=O) groups is 2. The van der Waals surface area contributed by atoms with E-state index in [1.165, 1.54) is 11.8 Å². The molecule has 0 spiro atoms. The van der Waals surface area contributed by atoms with Gasteiger partial charge in [0.1, 0.15) is 0 Å². The van der Waals surface area contributed by atoms with Crippen LogP contribution in [0.2, 0.25) is 0 Å². The summed E-state index contributed by atoms with van der Waals surface area (Å²) in [6, 6.07) is 7.76. The van der Waals surface area contributed by atoms with Gasteiger partial charge in [-0.15, -0.1) is 11.8 Å². The van der Waals surface area contributed by atoms with E-state index in [4.69, 9.17) is 5.11 Å². The molecule has 0 saturated carbocycles. The Balaban J connectivity index is 2.39. The maximum atomic E-state index is 11.9. The molecule has 110 valence electrons. The van der Waals surface area contributed by atoms with Gasteiger partial charge in [-0.05, 0) is 37.1 Å². The van der Waals surface area contributed by atoms with Crippen molar-refractivity contribution in [1.29, 1.82) is 0 Å². The number of carboxylic acids is 1. The molecule has 2 unspecified atom stereocenters. The van der Waals surface area contributed by atoms with Gasteiger partial charge in [-0.2, -0.15) is 0 Å². The number of carboxylic acid groups (broad SMARTS) is 1.